The molecule has 0 saturated carbocycles. The van der Waals surface area contributed by atoms with E-state index >= 15 is 0 Å². The Morgan fingerprint density at radius 3 is 2.05 bits per heavy atom. The number of benzene rings is 2. The van der Waals surface area contributed by atoms with E-state index in [0.29, 0.717) is 11.5 Å². The topological polar surface area (TPSA) is 52.6 Å². The van der Waals surface area contributed by atoms with Crippen molar-refractivity contribution in [3.63, 3.8) is 0 Å². The van der Waals surface area contributed by atoms with Crippen molar-refractivity contribution in [2.24, 2.45) is 0 Å². The largest absolute Gasteiger partial charge is 0.457 e. The van der Waals surface area contributed by atoms with Crippen LogP contribution in [-0.2, 0) is 14.3 Å². The van der Waals surface area contributed by atoms with Crippen LogP contribution in [-0.4, -0.2) is 15.0 Å². The van der Waals surface area contributed by atoms with E-state index in [4.69, 9.17) is 8.92 Å². The van der Waals surface area contributed by atoms with E-state index in [1.165, 1.54) is 12.1 Å². The van der Waals surface area contributed by atoms with Crippen molar-refractivity contribution in [2.45, 2.75) is 11.8 Å². The average molecular weight is 278 g/mol. The van der Waals surface area contributed by atoms with Crippen LogP contribution in [0.1, 0.15) is 6.92 Å². The van der Waals surface area contributed by atoms with Crippen LogP contribution in [0.15, 0.2) is 59.5 Å². The molecule has 5 heteroatoms. The van der Waals surface area contributed by atoms with Crippen molar-refractivity contribution in [1.82, 2.24) is 0 Å². The zero-order valence-corrected chi connectivity index (χ0v) is 11.3. The fourth-order valence-electron chi connectivity index (χ4n) is 1.52. The van der Waals surface area contributed by atoms with Gasteiger partial charge in [-0.05, 0) is 43.3 Å². The second kappa shape index (κ2) is 5.86. The Labute approximate surface area is 112 Å². The molecule has 0 aliphatic rings. The van der Waals surface area contributed by atoms with Gasteiger partial charge in [0.25, 0.3) is 10.1 Å². The van der Waals surface area contributed by atoms with E-state index in [1.807, 2.05) is 30.3 Å². The molecule has 19 heavy (non-hydrogen) atoms. The molecule has 0 aliphatic carbocycles. The molecule has 0 unspecified atom stereocenters. The maximum absolute atomic E-state index is 11.6. The smallest absolute Gasteiger partial charge is 0.296 e. The summed E-state index contributed by atoms with van der Waals surface area (Å²) in [5, 5.41) is 0. The van der Waals surface area contributed by atoms with Gasteiger partial charge in [0.2, 0.25) is 0 Å². The Morgan fingerprint density at radius 1 is 0.895 bits per heavy atom. The second-order valence-electron chi connectivity index (χ2n) is 3.75. The molecule has 0 atom stereocenters. The molecule has 2 aromatic carbocycles. The molecule has 0 heterocycles. The maximum atomic E-state index is 11.6. The normalized spacial score (nSPS) is 11.2. The quantitative estimate of drug-likeness (QED) is 0.788. The van der Waals surface area contributed by atoms with E-state index in [-0.39, 0.29) is 11.5 Å². The zero-order valence-electron chi connectivity index (χ0n) is 10.4. The number of ether oxygens (including phenoxy) is 1. The highest BCUT2D eigenvalue weighted by molar-refractivity contribution is 7.86. The van der Waals surface area contributed by atoms with E-state index < -0.39 is 10.1 Å². The van der Waals surface area contributed by atoms with Gasteiger partial charge in [-0.15, -0.1) is 0 Å². The Bertz CT molecular complexity index is 618. The van der Waals surface area contributed by atoms with E-state index in [9.17, 15) is 8.42 Å². The van der Waals surface area contributed by atoms with Gasteiger partial charge in [0.05, 0.1) is 11.5 Å². The molecule has 0 amide bonds. The second-order valence-corrected chi connectivity index (χ2v) is 5.36. The standard InChI is InChI=1S/C14H14O4S/c1-2-17-19(15,16)14-10-8-13(9-11-14)18-12-6-4-3-5-7-12/h3-11H,2H2,1H3. The lowest BCUT2D eigenvalue weighted by molar-refractivity contribution is 0.338. The number of hydrogen-bond donors (Lipinski definition) is 0. The van der Waals surface area contributed by atoms with E-state index in [0.717, 1.165) is 0 Å². The molecule has 2 aromatic rings. The van der Waals surface area contributed by atoms with Gasteiger partial charge in [-0.1, -0.05) is 18.2 Å². The lowest BCUT2D eigenvalue weighted by Gasteiger charge is -2.07. The predicted octanol–water partition coefficient (Wildman–Crippen LogP) is 3.20. The van der Waals surface area contributed by atoms with Crippen molar-refractivity contribution < 1.29 is 17.3 Å². The third-order valence-electron chi connectivity index (χ3n) is 2.36. The van der Waals surface area contributed by atoms with Crippen LogP contribution in [0.5, 0.6) is 11.5 Å². The van der Waals surface area contributed by atoms with Gasteiger partial charge in [-0.3, -0.25) is 4.18 Å². The summed E-state index contributed by atoms with van der Waals surface area (Å²) in [6.07, 6.45) is 0. The molecule has 100 valence electrons. The summed E-state index contributed by atoms with van der Waals surface area (Å²) in [6.45, 7) is 1.75. The maximum Gasteiger partial charge on any atom is 0.296 e. The van der Waals surface area contributed by atoms with E-state index in [2.05, 4.69) is 0 Å². The van der Waals surface area contributed by atoms with Gasteiger partial charge in [-0.2, -0.15) is 8.42 Å². The van der Waals surface area contributed by atoms with Gasteiger partial charge >= 0.3 is 0 Å². The zero-order chi connectivity index (χ0) is 13.7. The molecule has 0 spiro atoms. The molecule has 0 radical (unpaired) electrons. The Kier molecular flexibility index (Phi) is 4.19. The highest BCUT2D eigenvalue weighted by Crippen LogP contribution is 2.23. The predicted molar refractivity (Wildman–Crippen MR) is 71.8 cm³/mol. The first-order valence-electron chi connectivity index (χ1n) is 5.84. The highest BCUT2D eigenvalue weighted by atomic mass is 32.2. The summed E-state index contributed by atoms with van der Waals surface area (Å²) >= 11 is 0. The minimum atomic E-state index is -3.66. The summed E-state index contributed by atoms with van der Waals surface area (Å²) in [5.41, 5.74) is 0. The third-order valence-corrected chi connectivity index (χ3v) is 3.76. The summed E-state index contributed by atoms with van der Waals surface area (Å²) in [5.74, 6) is 1.27. The first-order chi connectivity index (χ1) is 9.12. The van der Waals surface area contributed by atoms with Gasteiger partial charge in [0.1, 0.15) is 11.5 Å². The molecule has 2 rings (SSSR count). The summed E-state index contributed by atoms with van der Waals surface area (Å²) in [7, 11) is -3.66. The van der Waals surface area contributed by atoms with Crippen LogP contribution < -0.4 is 4.74 Å². The summed E-state index contributed by atoms with van der Waals surface area (Å²) < 4.78 is 33.6. The molecule has 4 nitrogen and oxygen atoms in total. The van der Waals surface area contributed by atoms with Crippen LogP contribution in [0.3, 0.4) is 0 Å². The molecular formula is C14H14O4S. The fraction of sp³-hybridized carbons (Fsp3) is 0.143. The SMILES string of the molecule is CCOS(=O)(=O)c1ccc(Oc2ccccc2)cc1. The van der Waals surface area contributed by atoms with Gasteiger partial charge in [0, 0.05) is 0 Å². The Morgan fingerprint density at radius 2 is 1.47 bits per heavy atom. The lowest BCUT2D eigenvalue weighted by atomic mass is 10.3. The van der Waals surface area contributed by atoms with Crippen molar-refractivity contribution in [1.29, 1.82) is 0 Å². The minimum Gasteiger partial charge on any atom is -0.457 e. The molecule has 0 bridgehead atoms. The van der Waals surface area contributed by atoms with Crippen molar-refractivity contribution in [2.75, 3.05) is 6.61 Å². The number of hydrogen-bond acceptors (Lipinski definition) is 4. The number of para-hydroxylation sites is 1. The van der Waals surface area contributed by atoms with E-state index in [1.54, 1.807) is 19.1 Å². The fourth-order valence-corrected chi connectivity index (χ4v) is 2.44. The Balaban J connectivity index is 2.15. The van der Waals surface area contributed by atoms with Gasteiger partial charge < -0.3 is 4.74 Å². The first-order valence-corrected chi connectivity index (χ1v) is 7.25. The molecule has 0 N–H and O–H groups in total. The van der Waals surface area contributed by atoms with Crippen molar-refractivity contribution >= 4 is 10.1 Å². The van der Waals surface area contributed by atoms with Crippen LogP contribution in [0.25, 0.3) is 0 Å². The molecular weight excluding hydrogens is 264 g/mol. The molecule has 0 aromatic heterocycles. The third kappa shape index (κ3) is 3.56. The first kappa shape index (κ1) is 13.6. The van der Waals surface area contributed by atoms with Crippen LogP contribution in [0.2, 0.25) is 0 Å². The highest BCUT2D eigenvalue weighted by Gasteiger charge is 2.13. The van der Waals surface area contributed by atoms with Gasteiger partial charge in [0.15, 0.2) is 0 Å². The molecule has 0 fully saturated rings. The number of rotatable bonds is 5. The molecule has 0 aliphatic heterocycles. The van der Waals surface area contributed by atoms with Crippen molar-refractivity contribution in [3.05, 3.63) is 54.6 Å². The monoisotopic (exact) mass is 278 g/mol. The van der Waals surface area contributed by atoms with Crippen LogP contribution in [0, 0.1) is 0 Å². The van der Waals surface area contributed by atoms with Gasteiger partial charge in [-0.25, -0.2) is 0 Å². The minimum absolute atomic E-state index is 0.116. The van der Waals surface area contributed by atoms with Crippen LogP contribution in [0.4, 0.5) is 0 Å². The summed E-state index contributed by atoms with van der Waals surface area (Å²) in [6, 6.07) is 15.4. The lowest BCUT2D eigenvalue weighted by Crippen LogP contribution is -2.05. The van der Waals surface area contributed by atoms with Crippen molar-refractivity contribution in [3.8, 4) is 11.5 Å². The van der Waals surface area contributed by atoms with Crippen LogP contribution >= 0.6 is 0 Å². The molecule has 0 saturated heterocycles. The average Bonchev–Trinajstić information content (AvgIpc) is 2.40. The summed E-state index contributed by atoms with van der Waals surface area (Å²) in [4.78, 5) is 0.120. The Hall–Kier alpha value is -1.85.